The molecule has 0 aromatic carbocycles. The molecule has 0 radical (unpaired) electrons. The summed E-state index contributed by atoms with van der Waals surface area (Å²) in [6, 6.07) is 0.0780. The van der Waals surface area contributed by atoms with Crippen LogP contribution in [0.25, 0.3) is 0 Å². The molecule has 2 fully saturated rings. The molecule has 0 amide bonds. The van der Waals surface area contributed by atoms with E-state index >= 15 is 0 Å². The summed E-state index contributed by atoms with van der Waals surface area (Å²) in [7, 11) is 0. The first kappa shape index (κ1) is 14.0. The van der Waals surface area contributed by atoms with Crippen LogP contribution in [0, 0.1) is 34.5 Å². The first-order valence-electron chi connectivity index (χ1n) is 8.79. The molecule has 2 heteroatoms. The van der Waals surface area contributed by atoms with Crippen molar-refractivity contribution in [1.82, 2.24) is 0 Å². The summed E-state index contributed by atoms with van der Waals surface area (Å²) in [6.45, 7) is 2.23. The largest absolute Gasteiger partial charge is 0.327 e. The van der Waals surface area contributed by atoms with E-state index in [1.807, 2.05) is 0 Å². The van der Waals surface area contributed by atoms with Gasteiger partial charge in [-0.2, -0.15) is 0 Å². The molecule has 116 valence electrons. The Morgan fingerprint density at radius 3 is 2.81 bits per heavy atom. The lowest BCUT2D eigenvalue weighted by Crippen LogP contribution is -2.54. The maximum absolute atomic E-state index is 13.9. The van der Waals surface area contributed by atoms with Gasteiger partial charge in [0.15, 0.2) is 0 Å². The van der Waals surface area contributed by atoms with E-state index < -0.39 is 0 Å². The molecule has 4 aliphatic carbocycles. The molecule has 21 heavy (non-hydrogen) atoms. The summed E-state index contributed by atoms with van der Waals surface area (Å²) in [6.07, 6.45) is 16.6. The molecule has 0 bridgehead atoms. The van der Waals surface area contributed by atoms with Gasteiger partial charge >= 0.3 is 0 Å². The second-order valence-corrected chi connectivity index (χ2v) is 8.22. The monoisotopic (exact) mass is 289 g/mol. The normalized spacial score (nSPS) is 54.9. The van der Waals surface area contributed by atoms with Crippen molar-refractivity contribution in [2.75, 3.05) is 6.67 Å². The molecular weight excluding hydrogens is 261 g/mol. The van der Waals surface area contributed by atoms with Crippen LogP contribution in [-0.4, -0.2) is 12.7 Å². The maximum atomic E-state index is 13.9. The van der Waals surface area contributed by atoms with Crippen molar-refractivity contribution in [1.29, 1.82) is 0 Å². The average molecular weight is 289 g/mol. The van der Waals surface area contributed by atoms with Crippen LogP contribution in [0.5, 0.6) is 0 Å². The number of hydrogen-bond acceptors (Lipinski definition) is 1. The fraction of sp³-hybridized carbons (Fsp3) is 0.789. The van der Waals surface area contributed by atoms with Gasteiger partial charge in [0, 0.05) is 11.5 Å². The molecule has 2 saturated carbocycles. The summed E-state index contributed by atoms with van der Waals surface area (Å²) in [5.74, 6) is 2.41. The minimum atomic E-state index is -0.216. The number of fused-ring (bicyclic) bond motifs is 5. The number of halogens is 1. The highest BCUT2D eigenvalue weighted by atomic mass is 19.1. The molecule has 2 N–H and O–H groups in total. The van der Waals surface area contributed by atoms with Gasteiger partial charge in [-0.1, -0.05) is 31.2 Å². The zero-order chi connectivity index (χ0) is 14.7. The summed E-state index contributed by atoms with van der Waals surface area (Å²) in [5, 5.41) is 0. The minimum Gasteiger partial charge on any atom is -0.327 e. The Kier molecular flexibility index (Phi) is 3.12. The molecular formula is C19H28FN. The molecule has 4 rings (SSSR count). The molecule has 1 nitrogen and oxygen atoms in total. The topological polar surface area (TPSA) is 26.0 Å². The molecule has 0 heterocycles. The smallest absolute Gasteiger partial charge is 0.0968 e. The third-order valence-corrected chi connectivity index (χ3v) is 7.65. The number of alkyl halides is 1. The van der Waals surface area contributed by atoms with Gasteiger partial charge in [0.2, 0.25) is 0 Å². The lowest BCUT2D eigenvalue weighted by molar-refractivity contribution is -0.0353. The first-order valence-corrected chi connectivity index (χ1v) is 8.79. The number of allylic oxidation sites excluding steroid dienone is 4. The Morgan fingerprint density at radius 2 is 2.00 bits per heavy atom. The van der Waals surface area contributed by atoms with E-state index in [9.17, 15) is 4.39 Å². The Hall–Kier alpha value is -0.630. The van der Waals surface area contributed by atoms with Gasteiger partial charge in [0.05, 0.1) is 6.67 Å². The molecule has 0 aromatic rings. The van der Waals surface area contributed by atoms with Crippen molar-refractivity contribution in [3.63, 3.8) is 0 Å². The van der Waals surface area contributed by atoms with Crippen LogP contribution in [0.3, 0.4) is 0 Å². The number of rotatable bonds is 1. The van der Waals surface area contributed by atoms with Crippen molar-refractivity contribution in [3.05, 3.63) is 24.3 Å². The molecule has 0 aliphatic heterocycles. The second kappa shape index (κ2) is 4.68. The van der Waals surface area contributed by atoms with E-state index in [2.05, 4.69) is 31.2 Å². The van der Waals surface area contributed by atoms with E-state index in [-0.39, 0.29) is 18.1 Å². The summed E-state index contributed by atoms with van der Waals surface area (Å²) < 4.78 is 13.9. The Balaban J connectivity index is 1.73. The van der Waals surface area contributed by atoms with E-state index in [1.54, 1.807) is 0 Å². The maximum Gasteiger partial charge on any atom is 0.0968 e. The van der Waals surface area contributed by atoms with Gasteiger partial charge in [-0.25, -0.2) is 0 Å². The Morgan fingerprint density at radius 1 is 1.14 bits per heavy atom. The van der Waals surface area contributed by atoms with Crippen LogP contribution < -0.4 is 5.73 Å². The van der Waals surface area contributed by atoms with Gasteiger partial charge in [0.25, 0.3) is 0 Å². The summed E-state index contributed by atoms with van der Waals surface area (Å²) in [5.41, 5.74) is 6.43. The lowest BCUT2D eigenvalue weighted by Gasteiger charge is -2.56. The Bertz CT molecular complexity index is 484. The van der Waals surface area contributed by atoms with E-state index in [1.165, 1.54) is 12.8 Å². The van der Waals surface area contributed by atoms with Crippen LogP contribution in [0.15, 0.2) is 24.3 Å². The SMILES string of the molecule is C[C@]12C=CCCC1C=C[C@H]1[C@@H]3CC[C@@H](N)[C@@]3(CF)CC[C@@H]12. The Labute approximate surface area is 127 Å². The van der Waals surface area contributed by atoms with E-state index in [0.29, 0.717) is 29.1 Å². The third-order valence-electron chi connectivity index (χ3n) is 7.65. The molecule has 0 aromatic heterocycles. The van der Waals surface area contributed by atoms with Gasteiger partial charge < -0.3 is 5.73 Å². The van der Waals surface area contributed by atoms with Crippen molar-refractivity contribution < 1.29 is 4.39 Å². The van der Waals surface area contributed by atoms with E-state index in [4.69, 9.17) is 5.73 Å². The first-order chi connectivity index (χ1) is 10.1. The minimum absolute atomic E-state index is 0.0780. The fourth-order valence-electron chi connectivity index (χ4n) is 6.32. The predicted octanol–water partition coefficient (Wildman–Crippen LogP) is 4.25. The number of nitrogens with two attached hydrogens (primary N) is 1. The standard InChI is InChI=1S/C19H28FN/c1-18-10-3-2-4-13(18)5-6-14-15(18)9-11-19(12-20)16(14)7-8-17(19)21/h3,5-6,10,13-17H,2,4,7-9,11-12,21H2,1H3/t13?,14-,15+,16+,17-,18+,19-/m1/s1. The zero-order valence-electron chi connectivity index (χ0n) is 13.1. The van der Waals surface area contributed by atoms with Crippen LogP contribution in [-0.2, 0) is 0 Å². The molecule has 0 spiro atoms. The van der Waals surface area contributed by atoms with Gasteiger partial charge in [0.1, 0.15) is 0 Å². The van der Waals surface area contributed by atoms with Crippen LogP contribution in [0.2, 0.25) is 0 Å². The predicted molar refractivity (Wildman–Crippen MR) is 84.4 cm³/mol. The fourth-order valence-corrected chi connectivity index (χ4v) is 6.32. The van der Waals surface area contributed by atoms with E-state index in [0.717, 1.165) is 25.7 Å². The summed E-state index contributed by atoms with van der Waals surface area (Å²) in [4.78, 5) is 0. The van der Waals surface area contributed by atoms with Gasteiger partial charge in [-0.05, 0) is 67.6 Å². The van der Waals surface area contributed by atoms with Crippen LogP contribution >= 0.6 is 0 Å². The third kappa shape index (κ3) is 1.72. The van der Waals surface area contributed by atoms with Crippen LogP contribution in [0.4, 0.5) is 4.39 Å². The lowest BCUT2D eigenvalue weighted by atomic mass is 9.48. The highest BCUT2D eigenvalue weighted by molar-refractivity contribution is 5.23. The highest BCUT2D eigenvalue weighted by Crippen LogP contribution is 2.63. The highest BCUT2D eigenvalue weighted by Gasteiger charge is 2.59. The molecule has 4 aliphatic rings. The second-order valence-electron chi connectivity index (χ2n) is 8.22. The molecule has 0 saturated heterocycles. The molecule has 7 atom stereocenters. The summed E-state index contributed by atoms with van der Waals surface area (Å²) >= 11 is 0. The average Bonchev–Trinajstić information content (AvgIpc) is 2.84. The van der Waals surface area contributed by atoms with Gasteiger partial charge in [-0.15, -0.1) is 0 Å². The van der Waals surface area contributed by atoms with Crippen molar-refractivity contribution in [2.24, 2.45) is 40.2 Å². The number of hydrogen-bond donors (Lipinski definition) is 1. The van der Waals surface area contributed by atoms with Gasteiger partial charge in [-0.3, -0.25) is 4.39 Å². The zero-order valence-corrected chi connectivity index (χ0v) is 13.1. The van der Waals surface area contributed by atoms with Crippen molar-refractivity contribution in [2.45, 2.75) is 51.5 Å². The molecule has 1 unspecified atom stereocenters. The van der Waals surface area contributed by atoms with Crippen molar-refractivity contribution >= 4 is 0 Å². The van der Waals surface area contributed by atoms with Crippen LogP contribution in [0.1, 0.15) is 45.4 Å². The van der Waals surface area contributed by atoms with Crippen molar-refractivity contribution in [3.8, 4) is 0 Å². The quantitative estimate of drug-likeness (QED) is 0.718.